The average molecular weight is 186 g/mol. The standard InChI is InChI=1S/C9H18N2O2/c1-3-7-8(10)6(9(12)13)4-5-11(7)2/h6-8H,3-5,10H2,1-2H3,(H,12,13). The fraction of sp³-hybridized carbons (Fsp3) is 0.889. The highest BCUT2D eigenvalue weighted by atomic mass is 16.4. The summed E-state index contributed by atoms with van der Waals surface area (Å²) in [6.07, 6.45) is 1.59. The molecule has 0 radical (unpaired) electrons. The zero-order valence-electron chi connectivity index (χ0n) is 8.23. The van der Waals surface area contributed by atoms with Gasteiger partial charge in [0.1, 0.15) is 0 Å². The van der Waals surface area contributed by atoms with Gasteiger partial charge in [-0.3, -0.25) is 4.79 Å². The zero-order chi connectivity index (χ0) is 10.0. The zero-order valence-corrected chi connectivity index (χ0v) is 8.23. The number of likely N-dealkylation sites (tertiary alicyclic amines) is 1. The summed E-state index contributed by atoms with van der Waals surface area (Å²) in [5, 5.41) is 8.91. The summed E-state index contributed by atoms with van der Waals surface area (Å²) in [6, 6.07) is -0.00361. The van der Waals surface area contributed by atoms with Gasteiger partial charge in [-0.1, -0.05) is 6.92 Å². The molecule has 0 bridgehead atoms. The fourth-order valence-electron chi connectivity index (χ4n) is 2.13. The first-order valence-corrected chi connectivity index (χ1v) is 4.76. The van der Waals surface area contributed by atoms with Crippen LogP contribution in [0.4, 0.5) is 0 Å². The van der Waals surface area contributed by atoms with Crippen molar-refractivity contribution in [1.29, 1.82) is 0 Å². The van der Waals surface area contributed by atoms with Gasteiger partial charge < -0.3 is 15.7 Å². The molecule has 0 aromatic rings. The normalized spacial score (nSPS) is 36.1. The maximum Gasteiger partial charge on any atom is 0.308 e. The molecule has 4 nitrogen and oxygen atoms in total. The Morgan fingerprint density at radius 2 is 2.31 bits per heavy atom. The fourth-order valence-corrected chi connectivity index (χ4v) is 2.13. The maximum atomic E-state index is 10.8. The molecule has 0 saturated carbocycles. The van der Waals surface area contributed by atoms with Crippen molar-refractivity contribution in [2.75, 3.05) is 13.6 Å². The molecule has 1 fully saturated rings. The van der Waals surface area contributed by atoms with E-state index >= 15 is 0 Å². The van der Waals surface area contributed by atoms with Gasteiger partial charge in [0.15, 0.2) is 0 Å². The van der Waals surface area contributed by atoms with Crippen LogP contribution in [-0.4, -0.2) is 41.7 Å². The van der Waals surface area contributed by atoms with Gasteiger partial charge in [-0.2, -0.15) is 0 Å². The number of likely N-dealkylation sites (N-methyl/N-ethyl adjacent to an activating group) is 1. The minimum absolute atomic E-state index is 0.217. The van der Waals surface area contributed by atoms with E-state index in [2.05, 4.69) is 4.90 Å². The third-order valence-corrected chi connectivity index (χ3v) is 3.00. The van der Waals surface area contributed by atoms with Crippen LogP contribution >= 0.6 is 0 Å². The molecule has 0 amide bonds. The lowest BCUT2D eigenvalue weighted by atomic mass is 9.85. The molecule has 13 heavy (non-hydrogen) atoms. The number of carboxylic acids is 1. The van der Waals surface area contributed by atoms with E-state index < -0.39 is 5.97 Å². The van der Waals surface area contributed by atoms with E-state index in [9.17, 15) is 4.79 Å². The smallest absolute Gasteiger partial charge is 0.308 e. The molecule has 1 heterocycles. The van der Waals surface area contributed by atoms with Crippen molar-refractivity contribution in [1.82, 2.24) is 4.90 Å². The molecule has 3 unspecified atom stereocenters. The van der Waals surface area contributed by atoms with Crippen LogP contribution in [0.15, 0.2) is 0 Å². The maximum absolute atomic E-state index is 10.8. The first-order chi connectivity index (χ1) is 6.07. The summed E-state index contributed by atoms with van der Waals surface area (Å²) in [6.45, 7) is 2.88. The van der Waals surface area contributed by atoms with Gasteiger partial charge in [0, 0.05) is 12.1 Å². The number of hydrogen-bond acceptors (Lipinski definition) is 3. The monoisotopic (exact) mass is 186 g/mol. The number of piperidine rings is 1. The molecule has 0 spiro atoms. The summed E-state index contributed by atoms with van der Waals surface area (Å²) < 4.78 is 0. The molecule has 3 atom stereocenters. The largest absolute Gasteiger partial charge is 0.481 e. The second kappa shape index (κ2) is 4.07. The van der Waals surface area contributed by atoms with Gasteiger partial charge in [0.05, 0.1) is 5.92 Å². The molecular weight excluding hydrogens is 168 g/mol. The van der Waals surface area contributed by atoms with Crippen molar-refractivity contribution in [2.45, 2.75) is 31.8 Å². The van der Waals surface area contributed by atoms with E-state index in [1.54, 1.807) is 0 Å². The van der Waals surface area contributed by atoms with Gasteiger partial charge in [0.25, 0.3) is 0 Å². The van der Waals surface area contributed by atoms with E-state index in [1.807, 2.05) is 14.0 Å². The van der Waals surface area contributed by atoms with E-state index in [4.69, 9.17) is 10.8 Å². The van der Waals surface area contributed by atoms with Crippen molar-refractivity contribution in [2.24, 2.45) is 11.7 Å². The molecule has 1 aliphatic heterocycles. The summed E-state index contributed by atoms with van der Waals surface area (Å²) in [5.41, 5.74) is 5.90. The molecule has 0 aromatic heterocycles. The summed E-state index contributed by atoms with van der Waals surface area (Å²) in [7, 11) is 2.01. The van der Waals surface area contributed by atoms with Crippen LogP contribution < -0.4 is 5.73 Å². The number of carboxylic acid groups (broad SMARTS) is 1. The number of nitrogens with zero attached hydrogens (tertiary/aromatic N) is 1. The van der Waals surface area contributed by atoms with Crippen molar-refractivity contribution in [3.63, 3.8) is 0 Å². The van der Waals surface area contributed by atoms with Gasteiger partial charge in [-0.05, 0) is 26.4 Å². The van der Waals surface area contributed by atoms with Gasteiger partial charge in [-0.25, -0.2) is 0 Å². The van der Waals surface area contributed by atoms with Crippen molar-refractivity contribution in [3.05, 3.63) is 0 Å². The Labute approximate surface area is 78.7 Å². The molecule has 4 heteroatoms. The van der Waals surface area contributed by atoms with Gasteiger partial charge in [-0.15, -0.1) is 0 Å². The van der Waals surface area contributed by atoms with Crippen molar-refractivity contribution in [3.8, 4) is 0 Å². The van der Waals surface area contributed by atoms with Crippen LogP contribution in [0.1, 0.15) is 19.8 Å². The highest BCUT2D eigenvalue weighted by Crippen LogP contribution is 2.22. The van der Waals surface area contributed by atoms with E-state index in [-0.39, 0.29) is 18.0 Å². The Morgan fingerprint density at radius 3 is 2.77 bits per heavy atom. The molecular formula is C9H18N2O2. The number of aliphatic carboxylic acids is 1. The Hall–Kier alpha value is -0.610. The van der Waals surface area contributed by atoms with Crippen LogP contribution in [0.25, 0.3) is 0 Å². The van der Waals surface area contributed by atoms with Crippen LogP contribution in [0, 0.1) is 5.92 Å². The average Bonchev–Trinajstić information content (AvgIpc) is 2.04. The van der Waals surface area contributed by atoms with E-state index in [1.165, 1.54) is 0 Å². The Balaban J connectivity index is 2.69. The minimum atomic E-state index is -0.751. The highest BCUT2D eigenvalue weighted by molar-refractivity contribution is 5.71. The molecule has 1 aliphatic rings. The van der Waals surface area contributed by atoms with Crippen LogP contribution in [0.5, 0.6) is 0 Å². The predicted octanol–water partition coefficient (Wildman–Crippen LogP) is 0.129. The molecule has 3 N–H and O–H groups in total. The SMILES string of the molecule is CCC1C(N)C(C(=O)O)CCN1C. The first kappa shape index (κ1) is 10.5. The number of hydrogen-bond donors (Lipinski definition) is 2. The third-order valence-electron chi connectivity index (χ3n) is 3.00. The molecule has 0 aliphatic carbocycles. The lowest BCUT2D eigenvalue weighted by molar-refractivity contribution is -0.144. The third kappa shape index (κ3) is 2.00. The van der Waals surface area contributed by atoms with Crippen molar-refractivity contribution < 1.29 is 9.90 Å². The van der Waals surface area contributed by atoms with Crippen LogP contribution in [-0.2, 0) is 4.79 Å². The number of carbonyl (C=O) groups is 1. The minimum Gasteiger partial charge on any atom is -0.481 e. The number of nitrogens with two attached hydrogens (primary N) is 1. The lowest BCUT2D eigenvalue weighted by Gasteiger charge is -2.40. The Kier molecular flexibility index (Phi) is 3.27. The van der Waals surface area contributed by atoms with Gasteiger partial charge in [0.2, 0.25) is 0 Å². The van der Waals surface area contributed by atoms with Crippen molar-refractivity contribution >= 4 is 5.97 Å². The molecule has 1 rings (SSSR count). The number of rotatable bonds is 2. The van der Waals surface area contributed by atoms with Gasteiger partial charge >= 0.3 is 5.97 Å². The van der Waals surface area contributed by atoms with E-state index in [0.29, 0.717) is 6.42 Å². The second-order valence-electron chi connectivity index (χ2n) is 3.77. The molecule has 1 saturated heterocycles. The summed E-state index contributed by atoms with van der Waals surface area (Å²) in [4.78, 5) is 13.0. The second-order valence-corrected chi connectivity index (χ2v) is 3.77. The van der Waals surface area contributed by atoms with E-state index in [0.717, 1.165) is 13.0 Å². The van der Waals surface area contributed by atoms with Crippen LogP contribution in [0.3, 0.4) is 0 Å². The van der Waals surface area contributed by atoms with Crippen LogP contribution in [0.2, 0.25) is 0 Å². The lowest BCUT2D eigenvalue weighted by Crippen LogP contribution is -2.56. The Bertz CT molecular complexity index is 196. The first-order valence-electron chi connectivity index (χ1n) is 4.76. The summed E-state index contributed by atoms with van der Waals surface area (Å²) in [5.74, 6) is -1.11. The molecule has 0 aromatic carbocycles. The Morgan fingerprint density at radius 1 is 1.69 bits per heavy atom. The quantitative estimate of drug-likeness (QED) is 0.643. The molecule has 76 valence electrons. The topological polar surface area (TPSA) is 66.6 Å². The summed E-state index contributed by atoms with van der Waals surface area (Å²) >= 11 is 0. The predicted molar refractivity (Wildman–Crippen MR) is 50.4 cm³/mol. The highest BCUT2D eigenvalue weighted by Gasteiger charge is 2.36.